The van der Waals surface area contributed by atoms with Gasteiger partial charge < -0.3 is 14.2 Å². The molecule has 1 amide bonds. The summed E-state index contributed by atoms with van der Waals surface area (Å²) in [6, 6.07) is 7.96. The Hall–Kier alpha value is -2.37. The van der Waals surface area contributed by atoms with Crippen LogP contribution in [0.3, 0.4) is 0 Å². The molecule has 0 saturated heterocycles. The van der Waals surface area contributed by atoms with Gasteiger partial charge in [-0.1, -0.05) is 12.1 Å². The monoisotopic (exact) mass is 371 g/mol. The van der Waals surface area contributed by atoms with Crippen LogP contribution in [0.2, 0.25) is 0 Å². The normalized spacial score (nSPS) is 19.7. The number of carbonyl (C=O) groups excluding carboxylic acids is 1. The fraction of sp³-hybridized carbons (Fsp3) is 0.571. The predicted molar refractivity (Wildman–Crippen MR) is 103 cm³/mol. The van der Waals surface area contributed by atoms with E-state index in [-0.39, 0.29) is 5.91 Å². The first kappa shape index (κ1) is 19.4. The molecule has 6 heteroatoms. The summed E-state index contributed by atoms with van der Waals surface area (Å²) < 4.78 is 10.8. The third-order valence-electron chi connectivity index (χ3n) is 5.37. The molecule has 3 rings (SSSR count). The van der Waals surface area contributed by atoms with Crippen molar-refractivity contribution in [3.63, 3.8) is 0 Å². The molecule has 146 valence electrons. The molecule has 2 aromatic rings. The molecular weight excluding hydrogens is 342 g/mol. The van der Waals surface area contributed by atoms with Crippen LogP contribution < -0.4 is 4.74 Å². The highest BCUT2D eigenvalue weighted by Crippen LogP contribution is 2.27. The number of carbonyl (C=O) groups is 1. The van der Waals surface area contributed by atoms with E-state index < -0.39 is 0 Å². The summed E-state index contributed by atoms with van der Waals surface area (Å²) in [6.45, 7) is 4.87. The minimum Gasteiger partial charge on any atom is -0.494 e. The lowest BCUT2D eigenvalue weighted by molar-refractivity contribution is -0.132. The number of aryl methyl sites for hydroxylation is 1. The predicted octanol–water partition coefficient (Wildman–Crippen LogP) is 4.11. The largest absolute Gasteiger partial charge is 0.494 e. The van der Waals surface area contributed by atoms with Gasteiger partial charge in [0.05, 0.1) is 6.61 Å². The maximum Gasteiger partial charge on any atom is 0.227 e. The van der Waals surface area contributed by atoms with E-state index in [1.165, 1.54) is 12.8 Å². The molecule has 27 heavy (non-hydrogen) atoms. The van der Waals surface area contributed by atoms with Gasteiger partial charge in [0.1, 0.15) is 5.75 Å². The summed E-state index contributed by atoms with van der Waals surface area (Å²) >= 11 is 0. The maximum atomic E-state index is 12.5. The van der Waals surface area contributed by atoms with Crippen LogP contribution in [-0.2, 0) is 11.2 Å². The number of benzene rings is 1. The summed E-state index contributed by atoms with van der Waals surface area (Å²) in [4.78, 5) is 18.8. The molecule has 1 heterocycles. The highest BCUT2D eigenvalue weighted by atomic mass is 16.5. The average molecular weight is 371 g/mol. The summed E-state index contributed by atoms with van der Waals surface area (Å²) in [6.07, 6.45) is 5.48. The number of ether oxygens (including phenoxy) is 1. The van der Waals surface area contributed by atoms with Crippen molar-refractivity contribution >= 4 is 5.91 Å². The average Bonchev–Trinajstić information content (AvgIpc) is 3.16. The number of nitrogens with zero attached hydrogens (tertiary/aromatic N) is 3. The lowest BCUT2D eigenvalue weighted by Gasteiger charge is -2.33. The van der Waals surface area contributed by atoms with Crippen molar-refractivity contribution in [1.29, 1.82) is 0 Å². The Kier molecular flexibility index (Phi) is 6.48. The van der Waals surface area contributed by atoms with E-state index in [9.17, 15) is 4.79 Å². The Morgan fingerprint density at radius 1 is 1.22 bits per heavy atom. The Morgan fingerprint density at radius 2 is 1.93 bits per heavy atom. The quantitative estimate of drug-likeness (QED) is 0.733. The first-order chi connectivity index (χ1) is 13.1. The second kappa shape index (κ2) is 9.02. The van der Waals surface area contributed by atoms with Crippen LogP contribution in [0.4, 0.5) is 0 Å². The van der Waals surface area contributed by atoms with Gasteiger partial charge in [-0.3, -0.25) is 4.79 Å². The Labute approximate surface area is 160 Å². The number of rotatable bonds is 7. The minimum absolute atomic E-state index is 0.148. The molecule has 0 atom stereocenters. The second-order valence-electron chi connectivity index (χ2n) is 7.39. The molecule has 1 saturated carbocycles. The molecule has 1 aromatic carbocycles. The molecule has 0 bridgehead atoms. The molecule has 1 fully saturated rings. The van der Waals surface area contributed by atoms with Gasteiger partial charge >= 0.3 is 0 Å². The highest BCUT2D eigenvalue weighted by molar-refractivity contribution is 5.76. The van der Waals surface area contributed by atoms with Crippen LogP contribution in [0.15, 0.2) is 28.8 Å². The molecular formula is C21H29N3O3. The van der Waals surface area contributed by atoms with E-state index in [2.05, 4.69) is 17.1 Å². The van der Waals surface area contributed by atoms with Crippen LogP contribution in [-0.4, -0.2) is 40.6 Å². The van der Waals surface area contributed by atoms with E-state index in [0.29, 0.717) is 37.2 Å². The lowest BCUT2D eigenvalue weighted by Crippen LogP contribution is -2.39. The van der Waals surface area contributed by atoms with Gasteiger partial charge in [-0.2, -0.15) is 4.98 Å². The van der Waals surface area contributed by atoms with E-state index in [4.69, 9.17) is 9.26 Å². The zero-order valence-electron chi connectivity index (χ0n) is 16.5. The summed E-state index contributed by atoms with van der Waals surface area (Å²) in [5.74, 6) is 2.78. The third kappa shape index (κ3) is 5.08. The van der Waals surface area contributed by atoms with E-state index in [1.807, 2.05) is 43.1 Å². The molecule has 0 unspecified atom stereocenters. The molecule has 1 aliphatic carbocycles. The molecule has 0 radical (unpaired) electrons. The van der Waals surface area contributed by atoms with Crippen molar-refractivity contribution in [2.45, 2.75) is 58.4 Å². The van der Waals surface area contributed by atoms with Crippen LogP contribution >= 0.6 is 0 Å². The van der Waals surface area contributed by atoms with Gasteiger partial charge in [-0.05, 0) is 62.8 Å². The SMILES string of the molecule is CCOc1ccc(-c2noc(CCC(=O)N(C)C3CCC(C)CC3)n2)cc1. The third-order valence-corrected chi connectivity index (χ3v) is 5.37. The molecule has 0 spiro atoms. The Bertz CT molecular complexity index is 733. The van der Waals surface area contributed by atoms with Crippen LogP contribution in [0, 0.1) is 5.92 Å². The fourth-order valence-corrected chi connectivity index (χ4v) is 3.56. The first-order valence-electron chi connectivity index (χ1n) is 9.88. The van der Waals surface area contributed by atoms with Crippen LogP contribution in [0.1, 0.15) is 51.8 Å². The fourth-order valence-electron chi connectivity index (χ4n) is 3.56. The minimum atomic E-state index is 0.148. The number of hydrogen-bond donors (Lipinski definition) is 0. The lowest BCUT2D eigenvalue weighted by atomic mass is 9.86. The van der Waals surface area contributed by atoms with Gasteiger partial charge in [0, 0.05) is 31.5 Å². The van der Waals surface area contributed by atoms with Crippen molar-refractivity contribution in [3.05, 3.63) is 30.2 Å². The highest BCUT2D eigenvalue weighted by Gasteiger charge is 2.24. The zero-order chi connectivity index (χ0) is 19.2. The molecule has 0 N–H and O–H groups in total. The van der Waals surface area contributed by atoms with Crippen molar-refractivity contribution in [2.75, 3.05) is 13.7 Å². The van der Waals surface area contributed by atoms with E-state index in [1.54, 1.807) is 0 Å². The van der Waals surface area contributed by atoms with Crippen molar-refractivity contribution < 1.29 is 14.1 Å². The van der Waals surface area contributed by atoms with E-state index in [0.717, 1.165) is 30.1 Å². The first-order valence-corrected chi connectivity index (χ1v) is 9.88. The molecule has 1 aliphatic rings. The van der Waals surface area contributed by atoms with Crippen molar-refractivity contribution in [1.82, 2.24) is 15.0 Å². The topological polar surface area (TPSA) is 68.5 Å². The van der Waals surface area contributed by atoms with Gasteiger partial charge in [0.25, 0.3) is 0 Å². The summed E-state index contributed by atoms with van der Waals surface area (Å²) in [5, 5.41) is 4.03. The van der Waals surface area contributed by atoms with Gasteiger partial charge in [-0.15, -0.1) is 0 Å². The standard InChI is InChI=1S/C21H29N3O3/c1-4-26-18-11-7-16(8-12-18)21-22-19(27-23-21)13-14-20(25)24(3)17-9-5-15(2)6-10-17/h7-8,11-12,15,17H,4-6,9-10,13-14H2,1-3H3. The number of aromatic nitrogens is 2. The van der Waals surface area contributed by atoms with E-state index >= 15 is 0 Å². The smallest absolute Gasteiger partial charge is 0.227 e. The van der Waals surface area contributed by atoms with Gasteiger partial charge in [-0.25, -0.2) is 0 Å². The van der Waals surface area contributed by atoms with Crippen molar-refractivity contribution in [2.24, 2.45) is 5.92 Å². The summed E-state index contributed by atoms with van der Waals surface area (Å²) in [7, 11) is 1.92. The number of hydrogen-bond acceptors (Lipinski definition) is 5. The van der Waals surface area contributed by atoms with Crippen molar-refractivity contribution in [3.8, 4) is 17.1 Å². The molecule has 1 aromatic heterocycles. The Balaban J connectivity index is 1.52. The maximum absolute atomic E-state index is 12.5. The number of amides is 1. The Morgan fingerprint density at radius 3 is 2.59 bits per heavy atom. The van der Waals surface area contributed by atoms with Gasteiger partial charge in [0.15, 0.2) is 0 Å². The molecule has 6 nitrogen and oxygen atoms in total. The summed E-state index contributed by atoms with van der Waals surface area (Å²) in [5.41, 5.74) is 0.869. The second-order valence-corrected chi connectivity index (χ2v) is 7.39. The van der Waals surface area contributed by atoms with Gasteiger partial charge in [0.2, 0.25) is 17.6 Å². The van der Waals surface area contributed by atoms with Crippen LogP contribution in [0.5, 0.6) is 5.75 Å². The van der Waals surface area contributed by atoms with Crippen LogP contribution in [0.25, 0.3) is 11.4 Å². The zero-order valence-corrected chi connectivity index (χ0v) is 16.5. The molecule has 0 aliphatic heterocycles.